The average molecular weight is 382 g/mol. The van der Waals surface area contributed by atoms with Crippen LogP contribution in [0.15, 0.2) is 42.5 Å². The Hall–Kier alpha value is -2.84. The molecule has 1 atom stereocenters. The minimum Gasteiger partial charge on any atom is -0.324 e. The maximum absolute atomic E-state index is 13.1. The number of hydrogen-bond acceptors (Lipinski definition) is 5. The highest BCUT2D eigenvalue weighted by atomic mass is 32.1. The van der Waals surface area contributed by atoms with Crippen LogP contribution in [-0.4, -0.2) is 44.4 Å². The number of rotatable bonds is 2. The second-order valence-corrected chi connectivity index (χ2v) is 7.49. The van der Waals surface area contributed by atoms with Gasteiger partial charge in [0.15, 0.2) is 5.11 Å². The summed E-state index contributed by atoms with van der Waals surface area (Å²) >= 11 is 5.13. The molecule has 138 valence electrons. The van der Waals surface area contributed by atoms with E-state index in [9.17, 15) is 14.4 Å². The maximum atomic E-state index is 13.1. The number of anilines is 1. The second kappa shape index (κ2) is 6.11. The molecule has 2 aromatic carbocycles. The van der Waals surface area contributed by atoms with Crippen molar-refractivity contribution in [2.24, 2.45) is 0 Å². The molecular formula is C19H18N4O3S. The van der Waals surface area contributed by atoms with Gasteiger partial charge in [-0.2, -0.15) is 5.01 Å². The van der Waals surface area contributed by atoms with Gasteiger partial charge >= 0.3 is 0 Å². The summed E-state index contributed by atoms with van der Waals surface area (Å²) in [5, 5.41) is 10.1. The molecule has 0 unspecified atom stereocenters. The van der Waals surface area contributed by atoms with Crippen molar-refractivity contribution in [1.82, 2.24) is 15.3 Å². The molecule has 4 rings (SSSR count). The van der Waals surface area contributed by atoms with Crippen LogP contribution in [-0.2, 0) is 14.4 Å². The predicted octanol–water partition coefficient (Wildman–Crippen LogP) is 1.79. The van der Waals surface area contributed by atoms with Crippen molar-refractivity contribution in [2.45, 2.75) is 31.8 Å². The van der Waals surface area contributed by atoms with Crippen LogP contribution in [0.25, 0.3) is 10.8 Å². The van der Waals surface area contributed by atoms with Crippen molar-refractivity contribution in [1.29, 1.82) is 0 Å². The zero-order valence-corrected chi connectivity index (χ0v) is 15.7. The molecule has 27 heavy (non-hydrogen) atoms. The van der Waals surface area contributed by atoms with Crippen molar-refractivity contribution in [3.05, 3.63) is 42.5 Å². The number of nitrogens with one attached hydrogen (secondary N) is 2. The van der Waals surface area contributed by atoms with E-state index in [2.05, 4.69) is 10.6 Å². The standard InChI is InChI=1S/C19H18N4O3S/c1-19(2)17(26)21-18(27)22-15(24)10-14(23(19)22)16(25)20-13-9-5-7-11-6-3-4-8-12(11)13/h3-9,14H,10H2,1-2H3,(H,20,25)(H,21,26,27)/t14-/m1/s1. The third-order valence-electron chi connectivity index (χ3n) is 5.01. The summed E-state index contributed by atoms with van der Waals surface area (Å²) in [5.74, 6) is -1.01. The molecule has 0 bridgehead atoms. The Labute approximate surface area is 161 Å². The van der Waals surface area contributed by atoms with Gasteiger partial charge in [0.2, 0.25) is 17.7 Å². The molecule has 2 aliphatic rings. The molecule has 7 nitrogen and oxygen atoms in total. The fraction of sp³-hybridized carbons (Fsp3) is 0.263. The number of hydrogen-bond donors (Lipinski definition) is 2. The lowest BCUT2D eigenvalue weighted by atomic mass is 10.00. The normalized spacial score (nSPS) is 21.9. The Morgan fingerprint density at radius 3 is 2.67 bits per heavy atom. The van der Waals surface area contributed by atoms with Gasteiger partial charge < -0.3 is 5.32 Å². The summed E-state index contributed by atoms with van der Waals surface area (Å²) < 4.78 is 0. The number of nitrogens with zero attached hydrogens (tertiary/aromatic N) is 2. The van der Waals surface area contributed by atoms with E-state index in [1.165, 1.54) is 10.0 Å². The first kappa shape index (κ1) is 17.6. The van der Waals surface area contributed by atoms with Crippen LogP contribution in [0.5, 0.6) is 0 Å². The van der Waals surface area contributed by atoms with Crippen molar-refractivity contribution in [3.8, 4) is 0 Å². The van der Waals surface area contributed by atoms with Gasteiger partial charge in [-0.3, -0.25) is 19.7 Å². The third kappa shape index (κ3) is 2.68. The Bertz CT molecular complexity index is 998. The van der Waals surface area contributed by atoms with Gasteiger partial charge in [0.1, 0.15) is 11.6 Å². The largest absolute Gasteiger partial charge is 0.324 e. The molecule has 2 saturated heterocycles. The quantitative estimate of drug-likeness (QED) is 0.774. The molecule has 0 spiro atoms. The zero-order chi connectivity index (χ0) is 19.3. The Balaban J connectivity index is 1.68. The fourth-order valence-electron chi connectivity index (χ4n) is 3.61. The number of fused-ring (bicyclic) bond motifs is 2. The molecule has 2 fully saturated rings. The Kier molecular flexibility index (Phi) is 3.97. The molecule has 2 aliphatic heterocycles. The van der Waals surface area contributed by atoms with Gasteiger partial charge in [-0.25, -0.2) is 5.01 Å². The first-order valence-electron chi connectivity index (χ1n) is 8.57. The molecule has 0 saturated carbocycles. The van der Waals surface area contributed by atoms with Crippen molar-refractivity contribution >= 4 is 51.5 Å². The molecule has 2 N–H and O–H groups in total. The van der Waals surface area contributed by atoms with Crippen molar-refractivity contribution < 1.29 is 14.4 Å². The average Bonchev–Trinajstić information content (AvgIpc) is 2.99. The topological polar surface area (TPSA) is 81.8 Å². The number of benzene rings is 2. The minimum absolute atomic E-state index is 0.00443. The zero-order valence-electron chi connectivity index (χ0n) is 14.9. The molecule has 0 aromatic heterocycles. The monoisotopic (exact) mass is 382 g/mol. The van der Waals surface area contributed by atoms with Crippen LogP contribution in [0.2, 0.25) is 0 Å². The Morgan fingerprint density at radius 1 is 1.19 bits per heavy atom. The van der Waals surface area contributed by atoms with E-state index < -0.39 is 11.6 Å². The van der Waals surface area contributed by atoms with Gasteiger partial charge in [-0.1, -0.05) is 36.4 Å². The first-order chi connectivity index (χ1) is 12.8. The highest BCUT2D eigenvalue weighted by Crippen LogP contribution is 2.33. The number of thiocarbonyl (C=S) groups is 1. The van der Waals surface area contributed by atoms with Crippen LogP contribution in [0.3, 0.4) is 0 Å². The van der Waals surface area contributed by atoms with E-state index in [1.54, 1.807) is 13.8 Å². The van der Waals surface area contributed by atoms with E-state index >= 15 is 0 Å². The highest BCUT2D eigenvalue weighted by molar-refractivity contribution is 7.80. The lowest BCUT2D eigenvalue weighted by molar-refractivity contribution is -0.154. The van der Waals surface area contributed by atoms with E-state index in [0.717, 1.165) is 10.8 Å². The van der Waals surface area contributed by atoms with Crippen molar-refractivity contribution in [3.63, 3.8) is 0 Å². The van der Waals surface area contributed by atoms with Gasteiger partial charge in [0.25, 0.3) is 0 Å². The molecule has 2 heterocycles. The van der Waals surface area contributed by atoms with E-state index in [0.29, 0.717) is 5.69 Å². The number of carbonyl (C=O) groups is 3. The van der Waals surface area contributed by atoms with Crippen LogP contribution in [0.4, 0.5) is 5.69 Å². The van der Waals surface area contributed by atoms with Gasteiger partial charge in [0.05, 0.1) is 6.42 Å². The third-order valence-corrected chi connectivity index (χ3v) is 5.28. The summed E-state index contributed by atoms with van der Waals surface area (Å²) in [6.07, 6.45) is -0.0465. The van der Waals surface area contributed by atoms with E-state index in [1.807, 2.05) is 42.5 Å². The lowest BCUT2D eigenvalue weighted by Crippen LogP contribution is -2.71. The van der Waals surface area contributed by atoms with Gasteiger partial charge in [-0.15, -0.1) is 0 Å². The van der Waals surface area contributed by atoms with Gasteiger partial charge in [0, 0.05) is 11.1 Å². The van der Waals surface area contributed by atoms with Crippen LogP contribution in [0.1, 0.15) is 20.3 Å². The summed E-state index contributed by atoms with van der Waals surface area (Å²) in [6, 6.07) is 12.5. The molecule has 8 heteroatoms. The SMILES string of the molecule is CC1(C)C(=O)NC(=S)N2C(=O)C[C@H](C(=O)Nc3cccc4ccccc34)N21. The fourth-order valence-corrected chi connectivity index (χ4v) is 3.89. The van der Waals surface area contributed by atoms with Crippen LogP contribution >= 0.6 is 12.2 Å². The molecular weight excluding hydrogens is 364 g/mol. The first-order valence-corrected chi connectivity index (χ1v) is 8.98. The minimum atomic E-state index is -1.09. The number of carbonyl (C=O) groups excluding carboxylic acids is 3. The predicted molar refractivity (Wildman–Crippen MR) is 104 cm³/mol. The smallest absolute Gasteiger partial charge is 0.248 e. The molecule has 0 aliphatic carbocycles. The second-order valence-electron chi connectivity index (χ2n) is 7.10. The van der Waals surface area contributed by atoms with Gasteiger partial charge in [-0.05, 0) is 37.5 Å². The molecule has 0 radical (unpaired) electrons. The summed E-state index contributed by atoms with van der Waals surface area (Å²) in [7, 11) is 0. The van der Waals surface area contributed by atoms with E-state index in [4.69, 9.17) is 12.2 Å². The van der Waals surface area contributed by atoms with Crippen molar-refractivity contribution in [2.75, 3.05) is 5.32 Å². The summed E-state index contributed by atoms with van der Waals surface area (Å²) in [6.45, 7) is 3.32. The summed E-state index contributed by atoms with van der Waals surface area (Å²) in [4.78, 5) is 37.9. The summed E-state index contributed by atoms with van der Waals surface area (Å²) in [5.41, 5.74) is -0.430. The van der Waals surface area contributed by atoms with Crippen LogP contribution in [0, 0.1) is 0 Å². The maximum Gasteiger partial charge on any atom is 0.248 e. The Morgan fingerprint density at radius 2 is 1.89 bits per heavy atom. The number of amides is 3. The van der Waals surface area contributed by atoms with E-state index in [-0.39, 0.29) is 29.3 Å². The molecule has 3 amide bonds. The number of hydrazine groups is 1. The molecule has 2 aromatic rings. The highest BCUT2D eigenvalue weighted by Gasteiger charge is 2.56. The van der Waals surface area contributed by atoms with Crippen LogP contribution < -0.4 is 10.6 Å². The lowest BCUT2D eigenvalue weighted by Gasteiger charge is -2.45.